The third-order valence-electron chi connectivity index (χ3n) is 4.84. The van der Waals surface area contributed by atoms with Crippen LogP contribution in [0.3, 0.4) is 0 Å². The van der Waals surface area contributed by atoms with Crippen molar-refractivity contribution in [2.45, 2.75) is 6.92 Å². The number of nitrogens with zero attached hydrogens (tertiary/aromatic N) is 1. The summed E-state index contributed by atoms with van der Waals surface area (Å²) in [6.07, 6.45) is 1.28. The van der Waals surface area contributed by atoms with E-state index >= 15 is 0 Å². The van der Waals surface area contributed by atoms with Crippen molar-refractivity contribution in [1.29, 1.82) is 0 Å². The fourth-order valence-corrected chi connectivity index (χ4v) is 4.56. The first-order valence-electron chi connectivity index (χ1n) is 10.8. The molecular weight excluding hydrogens is 502 g/mol. The third-order valence-corrected chi connectivity index (χ3v) is 6.50. The van der Waals surface area contributed by atoms with Gasteiger partial charge in [0.1, 0.15) is 16.4 Å². The zero-order chi connectivity index (χ0) is 25.5. The second-order valence-electron chi connectivity index (χ2n) is 7.28. The van der Waals surface area contributed by atoms with Crippen molar-refractivity contribution in [2.75, 3.05) is 11.9 Å². The SMILES string of the molecule is CCOc1ccc(NC(=O)C(=O)NN=Cc2ccccc2OC(=O)c2sc3ccccc3c2Cl)cc1. The molecule has 1 heterocycles. The molecule has 0 fully saturated rings. The molecule has 4 rings (SSSR count). The van der Waals surface area contributed by atoms with Gasteiger partial charge in [-0.25, -0.2) is 10.2 Å². The van der Waals surface area contributed by atoms with Crippen LogP contribution in [0.1, 0.15) is 22.2 Å². The summed E-state index contributed by atoms with van der Waals surface area (Å²) in [5, 5.41) is 7.39. The Labute approximate surface area is 215 Å². The zero-order valence-electron chi connectivity index (χ0n) is 19.0. The maximum atomic E-state index is 12.8. The van der Waals surface area contributed by atoms with Gasteiger partial charge in [0, 0.05) is 21.3 Å². The van der Waals surface area contributed by atoms with Gasteiger partial charge in [-0.2, -0.15) is 5.10 Å². The molecule has 2 amide bonds. The van der Waals surface area contributed by atoms with Crippen LogP contribution in [0, 0.1) is 0 Å². The van der Waals surface area contributed by atoms with Gasteiger partial charge in [-0.05, 0) is 49.4 Å². The monoisotopic (exact) mass is 521 g/mol. The molecule has 0 spiro atoms. The second kappa shape index (κ2) is 11.5. The van der Waals surface area contributed by atoms with E-state index in [1.807, 2.05) is 31.2 Å². The molecule has 0 saturated carbocycles. The number of esters is 1. The minimum absolute atomic E-state index is 0.216. The minimum Gasteiger partial charge on any atom is -0.494 e. The first-order chi connectivity index (χ1) is 17.5. The molecule has 10 heteroatoms. The van der Waals surface area contributed by atoms with Crippen LogP contribution >= 0.6 is 22.9 Å². The molecular formula is C26H20ClN3O5S. The van der Waals surface area contributed by atoms with Crippen LogP contribution in [0.4, 0.5) is 5.69 Å². The molecule has 0 saturated heterocycles. The summed E-state index contributed by atoms with van der Waals surface area (Å²) in [5.74, 6) is -1.60. The Kier molecular flexibility index (Phi) is 7.94. The summed E-state index contributed by atoms with van der Waals surface area (Å²) < 4.78 is 11.8. The molecule has 2 N–H and O–H groups in total. The first kappa shape index (κ1) is 24.9. The van der Waals surface area contributed by atoms with Crippen LogP contribution in [0.25, 0.3) is 10.1 Å². The molecule has 0 unspecified atom stereocenters. The molecule has 4 aromatic rings. The lowest BCUT2D eigenvalue weighted by Crippen LogP contribution is -2.32. The zero-order valence-corrected chi connectivity index (χ0v) is 20.6. The van der Waals surface area contributed by atoms with Gasteiger partial charge in [0.25, 0.3) is 0 Å². The van der Waals surface area contributed by atoms with Crippen molar-refractivity contribution in [3.05, 3.63) is 88.3 Å². The Hall–Kier alpha value is -4.21. The van der Waals surface area contributed by atoms with Crippen molar-refractivity contribution in [1.82, 2.24) is 5.43 Å². The number of amides is 2. The quantitative estimate of drug-likeness (QED) is 0.113. The maximum absolute atomic E-state index is 12.8. The highest BCUT2D eigenvalue weighted by atomic mass is 35.5. The molecule has 0 aliphatic rings. The topological polar surface area (TPSA) is 106 Å². The van der Waals surface area contributed by atoms with E-state index in [1.165, 1.54) is 17.6 Å². The first-order valence-corrected chi connectivity index (χ1v) is 12.0. The molecule has 0 atom stereocenters. The summed E-state index contributed by atoms with van der Waals surface area (Å²) in [4.78, 5) is 37.3. The average Bonchev–Trinajstić information content (AvgIpc) is 3.23. The van der Waals surface area contributed by atoms with Crippen LogP contribution < -0.4 is 20.2 Å². The Bertz CT molecular complexity index is 1450. The lowest BCUT2D eigenvalue weighted by Gasteiger charge is -2.07. The number of anilines is 1. The van der Waals surface area contributed by atoms with E-state index in [9.17, 15) is 14.4 Å². The number of halogens is 1. The van der Waals surface area contributed by atoms with Crippen molar-refractivity contribution >= 4 is 62.7 Å². The highest BCUT2D eigenvalue weighted by molar-refractivity contribution is 7.21. The number of hydrazone groups is 1. The summed E-state index contributed by atoms with van der Waals surface area (Å²) in [6.45, 7) is 2.39. The predicted molar refractivity (Wildman–Crippen MR) is 140 cm³/mol. The molecule has 182 valence electrons. The van der Waals surface area contributed by atoms with E-state index < -0.39 is 17.8 Å². The van der Waals surface area contributed by atoms with E-state index in [4.69, 9.17) is 21.1 Å². The molecule has 1 aromatic heterocycles. The van der Waals surface area contributed by atoms with Gasteiger partial charge >= 0.3 is 17.8 Å². The number of hydrogen-bond donors (Lipinski definition) is 2. The Morgan fingerprint density at radius 3 is 2.44 bits per heavy atom. The second-order valence-corrected chi connectivity index (χ2v) is 8.71. The van der Waals surface area contributed by atoms with Gasteiger partial charge in [0.2, 0.25) is 0 Å². The number of para-hydroxylation sites is 1. The summed E-state index contributed by atoms with van der Waals surface area (Å²) >= 11 is 7.61. The number of rotatable bonds is 7. The summed E-state index contributed by atoms with van der Waals surface area (Å²) in [7, 11) is 0. The Balaban J connectivity index is 1.38. The summed E-state index contributed by atoms with van der Waals surface area (Å²) in [5.41, 5.74) is 3.00. The van der Waals surface area contributed by atoms with Crippen molar-refractivity contribution < 1.29 is 23.9 Å². The summed E-state index contributed by atoms with van der Waals surface area (Å²) in [6, 6.07) is 20.6. The Morgan fingerprint density at radius 1 is 0.972 bits per heavy atom. The number of ether oxygens (including phenoxy) is 2. The van der Waals surface area contributed by atoms with Gasteiger partial charge < -0.3 is 14.8 Å². The Morgan fingerprint density at radius 2 is 1.69 bits per heavy atom. The lowest BCUT2D eigenvalue weighted by atomic mass is 10.2. The molecule has 0 bridgehead atoms. The van der Waals surface area contributed by atoms with Crippen LogP contribution in [0.2, 0.25) is 5.02 Å². The van der Waals surface area contributed by atoms with Crippen LogP contribution in [-0.4, -0.2) is 30.6 Å². The lowest BCUT2D eigenvalue weighted by molar-refractivity contribution is -0.136. The van der Waals surface area contributed by atoms with Crippen LogP contribution in [0.5, 0.6) is 11.5 Å². The molecule has 36 heavy (non-hydrogen) atoms. The number of carbonyl (C=O) groups is 3. The smallest absolute Gasteiger partial charge is 0.355 e. The van der Waals surface area contributed by atoms with Crippen LogP contribution in [-0.2, 0) is 9.59 Å². The standard InChI is InChI=1S/C26H20ClN3O5S/c1-2-34-18-13-11-17(12-14-18)29-24(31)25(32)30-28-15-16-7-3-5-9-20(16)35-26(33)23-22(27)19-8-4-6-10-21(19)36-23/h3-15H,2H2,1H3,(H,29,31)(H,30,32). The fourth-order valence-electron chi connectivity index (χ4n) is 3.17. The van der Waals surface area contributed by atoms with E-state index in [2.05, 4.69) is 15.8 Å². The van der Waals surface area contributed by atoms with Gasteiger partial charge in [0.15, 0.2) is 0 Å². The number of hydrogen-bond acceptors (Lipinski definition) is 7. The third kappa shape index (κ3) is 5.88. The number of thiophene rings is 1. The highest BCUT2D eigenvalue weighted by Gasteiger charge is 2.20. The van der Waals surface area contributed by atoms with E-state index in [-0.39, 0.29) is 10.6 Å². The normalized spacial score (nSPS) is 10.8. The average molecular weight is 522 g/mol. The van der Waals surface area contributed by atoms with Gasteiger partial charge in [0.05, 0.1) is 17.8 Å². The number of fused-ring (bicyclic) bond motifs is 1. The maximum Gasteiger partial charge on any atom is 0.355 e. The molecule has 0 radical (unpaired) electrons. The minimum atomic E-state index is -0.966. The van der Waals surface area contributed by atoms with Crippen molar-refractivity contribution in [3.63, 3.8) is 0 Å². The van der Waals surface area contributed by atoms with E-state index in [0.29, 0.717) is 28.6 Å². The molecule has 0 aliphatic heterocycles. The predicted octanol–water partition coefficient (Wildman–Crippen LogP) is 5.26. The van der Waals surface area contributed by atoms with Gasteiger partial charge in [-0.1, -0.05) is 41.9 Å². The number of nitrogens with one attached hydrogen (secondary N) is 2. The highest BCUT2D eigenvalue weighted by Crippen LogP contribution is 2.36. The van der Waals surface area contributed by atoms with Crippen molar-refractivity contribution in [2.24, 2.45) is 5.10 Å². The largest absolute Gasteiger partial charge is 0.494 e. The van der Waals surface area contributed by atoms with E-state index in [0.717, 1.165) is 10.1 Å². The number of carbonyl (C=O) groups excluding carboxylic acids is 3. The molecule has 0 aliphatic carbocycles. The number of benzene rings is 3. The van der Waals surface area contributed by atoms with Crippen LogP contribution in [0.15, 0.2) is 77.9 Å². The van der Waals surface area contributed by atoms with Gasteiger partial charge in [-0.3, -0.25) is 9.59 Å². The fraction of sp³-hybridized carbons (Fsp3) is 0.0769. The molecule has 3 aromatic carbocycles. The van der Waals surface area contributed by atoms with Gasteiger partial charge in [-0.15, -0.1) is 11.3 Å². The molecule has 8 nitrogen and oxygen atoms in total. The van der Waals surface area contributed by atoms with E-state index in [1.54, 1.807) is 48.5 Å². The van der Waals surface area contributed by atoms with Crippen molar-refractivity contribution in [3.8, 4) is 11.5 Å².